The lowest BCUT2D eigenvalue weighted by Crippen LogP contribution is -2.33. The molecule has 0 aliphatic carbocycles. The molecule has 104 valence electrons. The van der Waals surface area contributed by atoms with Crippen molar-refractivity contribution in [3.63, 3.8) is 0 Å². The predicted molar refractivity (Wildman–Crippen MR) is 61.4 cm³/mol. The molecule has 0 aliphatic heterocycles. The molecule has 0 aliphatic rings. The van der Waals surface area contributed by atoms with E-state index >= 15 is 0 Å². The fourth-order valence-corrected chi connectivity index (χ4v) is 1.02. The summed E-state index contributed by atoms with van der Waals surface area (Å²) in [5.74, 6) is -0.716. The van der Waals surface area contributed by atoms with Crippen LogP contribution in [0.25, 0.3) is 0 Å². The van der Waals surface area contributed by atoms with Crippen LogP contribution < -0.4 is 16.2 Å². The molecule has 1 aromatic carbocycles. The van der Waals surface area contributed by atoms with Gasteiger partial charge in [0.2, 0.25) is 5.96 Å². The third-order valence-corrected chi connectivity index (χ3v) is 1.75. The summed E-state index contributed by atoms with van der Waals surface area (Å²) in [6.07, 6.45) is -7.34. The van der Waals surface area contributed by atoms with Gasteiger partial charge in [-0.1, -0.05) is 12.1 Å². The molecule has 0 saturated carbocycles. The summed E-state index contributed by atoms with van der Waals surface area (Å²) in [7, 11) is 0. The monoisotopic (exact) mass is 278 g/mol. The molecule has 1 rings (SSSR count). The molecule has 5 nitrogen and oxygen atoms in total. The highest BCUT2D eigenvalue weighted by molar-refractivity contribution is 5.81. The van der Waals surface area contributed by atoms with Crippen molar-refractivity contribution in [3.05, 3.63) is 29.8 Å². The normalized spacial score (nSPS) is 11.8. The number of alkyl halides is 4. The van der Waals surface area contributed by atoms with Crippen LogP contribution in [0.4, 0.5) is 17.6 Å². The van der Waals surface area contributed by atoms with Gasteiger partial charge < -0.3 is 16.2 Å². The molecule has 0 spiro atoms. The second-order valence-corrected chi connectivity index (χ2v) is 3.31. The Bertz CT molecular complexity index is 486. The van der Waals surface area contributed by atoms with E-state index in [0.29, 0.717) is 5.56 Å². The van der Waals surface area contributed by atoms with Gasteiger partial charge in [0.15, 0.2) is 0 Å². The zero-order chi connectivity index (χ0) is 14.5. The van der Waals surface area contributed by atoms with Gasteiger partial charge in [0.05, 0.1) is 6.21 Å². The first-order chi connectivity index (χ1) is 8.81. The Labute approximate surface area is 105 Å². The molecule has 0 saturated heterocycles. The second kappa shape index (κ2) is 6.03. The lowest BCUT2D eigenvalue weighted by Gasteiger charge is -2.16. The Balaban J connectivity index is 2.83. The Morgan fingerprint density at radius 3 is 2.58 bits per heavy atom. The van der Waals surface area contributed by atoms with Crippen LogP contribution in [0.5, 0.6) is 5.75 Å². The maximum atomic E-state index is 12.7. The standard InChI is InChI=1S/C10H10F4N4O/c11-8(12)10(13,14)19-7-3-1-2-6(4-7)5-17-18-9(15)16/h1-5,8H,(H4,15,16,18). The SMILES string of the molecule is NC(N)=NN=Cc1cccc(OC(F)(F)C(F)F)c1. The van der Waals surface area contributed by atoms with E-state index in [9.17, 15) is 17.6 Å². The first-order valence-electron chi connectivity index (χ1n) is 4.88. The second-order valence-electron chi connectivity index (χ2n) is 3.31. The molecule has 0 heterocycles. The zero-order valence-corrected chi connectivity index (χ0v) is 9.43. The van der Waals surface area contributed by atoms with Gasteiger partial charge in [0.1, 0.15) is 5.75 Å². The van der Waals surface area contributed by atoms with Gasteiger partial charge in [-0.15, -0.1) is 5.10 Å². The van der Waals surface area contributed by atoms with Crippen molar-refractivity contribution in [1.29, 1.82) is 0 Å². The van der Waals surface area contributed by atoms with E-state index in [1.165, 1.54) is 12.1 Å². The van der Waals surface area contributed by atoms with Gasteiger partial charge in [-0.05, 0) is 17.7 Å². The number of hydrogen-bond donors (Lipinski definition) is 2. The topological polar surface area (TPSA) is 86.0 Å². The van der Waals surface area contributed by atoms with Crippen LogP contribution in [-0.2, 0) is 0 Å². The Morgan fingerprint density at radius 2 is 2.00 bits per heavy atom. The molecule has 0 bridgehead atoms. The van der Waals surface area contributed by atoms with Gasteiger partial charge in [0, 0.05) is 0 Å². The molecular formula is C10H10F4N4O. The van der Waals surface area contributed by atoms with Crippen molar-refractivity contribution in [3.8, 4) is 5.75 Å². The van der Waals surface area contributed by atoms with Crippen molar-refractivity contribution in [2.45, 2.75) is 12.5 Å². The van der Waals surface area contributed by atoms with E-state index in [4.69, 9.17) is 11.5 Å². The summed E-state index contributed by atoms with van der Waals surface area (Å²) in [6.45, 7) is 0. The number of nitrogens with two attached hydrogens (primary N) is 2. The van der Waals surface area contributed by atoms with Gasteiger partial charge in [-0.2, -0.15) is 22.7 Å². The smallest absolute Gasteiger partial charge is 0.428 e. The van der Waals surface area contributed by atoms with E-state index in [1.807, 2.05) is 0 Å². The van der Waals surface area contributed by atoms with Gasteiger partial charge >= 0.3 is 12.5 Å². The Hall–Kier alpha value is -2.32. The van der Waals surface area contributed by atoms with Crippen molar-refractivity contribution in [1.82, 2.24) is 0 Å². The molecule has 9 heteroatoms. The quantitative estimate of drug-likeness (QED) is 0.370. The fourth-order valence-electron chi connectivity index (χ4n) is 1.02. The number of benzene rings is 1. The minimum Gasteiger partial charge on any atom is -0.428 e. The maximum absolute atomic E-state index is 12.7. The highest BCUT2D eigenvalue weighted by atomic mass is 19.3. The van der Waals surface area contributed by atoms with E-state index in [2.05, 4.69) is 14.9 Å². The van der Waals surface area contributed by atoms with Crippen LogP contribution in [-0.4, -0.2) is 24.7 Å². The van der Waals surface area contributed by atoms with Crippen molar-refractivity contribution in [2.24, 2.45) is 21.7 Å². The summed E-state index contributed by atoms with van der Waals surface area (Å²) >= 11 is 0. The molecule has 4 N–H and O–H groups in total. The molecule has 0 unspecified atom stereocenters. The van der Waals surface area contributed by atoms with Crippen molar-refractivity contribution in [2.75, 3.05) is 0 Å². The van der Waals surface area contributed by atoms with Gasteiger partial charge in [0.25, 0.3) is 0 Å². The molecule has 19 heavy (non-hydrogen) atoms. The minimum atomic E-state index is -4.56. The van der Waals surface area contributed by atoms with Crippen LogP contribution in [0.2, 0.25) is 0 Å². The summed E-state index contributed by atoms with van der Waals surface area (Å²) < 4.78 is 53.1. The van der Waals surface area contributed by atoms with Crippen LogP contribution in [0, 0.1) is 0 Å². The number of guanidine groups is 1. The summed E-state index contributed by atoms with van der Waals surface area (Å²) in [4.78, 5) is 0. The van der Waals surface area contributed by atoms with Gasteiger partial charge in [-0.3, -0.25) is 0 Å². The fraction of sp³-hybridized carbons (Fsp3) is 0.200. The summed E-state index contributed by atoms with van der Waals surface area (Å²) in [6, 6.07) is 4.99. The van der Waals surface area contributed by atoms with E-state index in [-0.39, 0.29) is 5.96 Å². The molecule has 0 aromatic heterocycles. The number of ether oxygens (including phenoxy) is 1. The zero-order valence-electron chi connectivity index (χ0n) is 9.43. The minimum absolute atomic E-state index is 0.284. The third kappa shape index (κ3) is 4.82. The molecular weight excluding hydrogens is 268 g/mol. The number of halogens is 4. The Kier molecular flexibility index (Phi) is 4.67. The first-order valence-corrected chi connectivity index (χ1v) is 4.88. The lowest BCUT2D eigenvalue weighted by molar-refractivity contribution is -0.253. The molecule has 0 atom stereocenters. The largest absolute Gasteiger partial charge is 0.461 e. The highest BCUT2D eigenvalue weighted by Gasteiger charge is 2.43. The van der Waals surface area contributed by atoms with Crippen LogP contribution in [0.3, 0.4) is 0 Å². The number of nitrogens with zero attached hydrogens (tertiary/aromatic N) is 2. The molecule has 0 fully saturated rings. The van der Waals surface area contributed by atoms with Crippen LogP contribution in [0.15, 0.2) is 34.5 Å². The lowest BCUT2D eigenvalue weighted by atomic mass is 10.2. The van der Waals surface area contributed by atoms with E-state index < -0.39 is 18.3 Å². The third-order valence-electron chi connectivity index (χ3n) is 1.75. The molecule has 0 amide bonds. The highest BCUT2D eigenvalue weighted by Crippen LogP contribution is 2.27. The number of rotatable bonds is 5. The predicted octanol–water partition coefficient (Wildman–Crippen LogP) is 1.53. The van der Waals surface area contributed by atoms with E-state index in [1.54, 1.807) is 0 Å². The Morgan fingerprint density at radius 1 is 1.32 bits per heavy atom. The molecule has 0 radical (unpaired) electrons. The average Bonchev–Trinajstić information content (AvgIpc) is 2.28. The average molecular weight is 278 g/mol. The van der Waals surface area contributed by atoms with Crippen molar-refractivity contribution < 1.29 is 22.3 Å². The van der Waals surface area contributed by atoms with E-state index in [0.717, 1.165) is 18.3 Å². The van der Waals surface area contributed by atoms with Crippen LogP contribution in [0.1, 0.15) is 5.56 Å². The summed E-state index contributed by atoms with van der Waals surface area (Å²) in [5, 5.41) is 6.72. The number of hydrogen-bond acceptors (Lipinski definition) is 3. The van der Waals surface area contributed by atoms with Crippen LogP contribution >= 0.6 is 0 Å². The summed E-state index contributed by atoms with van der Waals surface area (Å²) in [5.41, 5.74) is 10.3. The first kappa shape index (κ1) is 14.7. The maximum Gasteiger partial charge on any atom is 0.461 e. The van der Waals surface area contributed by atoms with Gasteiger partial charge in [-0.25, -0.2) is 0 Å². The molecule has 1 aromatic rings. The van der Waals surface area contributed by atoms with Crippen molar-refractivity contribution >= 4 is 12.2 Å².